The van der Waals surface area contributed by atoms with Crippen LogP contribution in [0.3, 0.4) is 0 Å². The molecule has 3 aromatic carbocycles. The van der Waals surface area contributed by atoms with E-state index < -0.39 is 0 Å². The van der Waals surface area contributed by atoms with Gasteiger partial charge in [0.15, 0.2) is 5.69 Å². The number of carbonyl (C=O) groups is 1. The summed E-state index contributed by atoms with van der Waals surface area (Å²) in [6.45, 7) is 19.6. The van der Waals surface area contributed by atoms with Crippen molar-refractivity contribution in [3.8, 4) is 0 Å². The number of pyridine rings is 2. The predicted octanol–water partition coefficient (Wildman–Crippen LogP) is 11.9. The smallest absolute Gasteiger partial charge is 0.321 e. The third-order valence-electron chi connectivity index (χ3n) is 13.9. The summed E-state index contributed by atoms with van der Waals surface area (Å²) in [5, 5.41) is 2.97. The van der Waals surface area contributed by atoms with E-state index in [4.69, 9.17) is 16.5 Å². The first kappa shape index (κ1) is 51.8. The van der Waals surface area contributed by atoms with Crippen molar-refractivity contribution in [1.82, 2.24) is 48.7 Å². The van der Waals surface area contributed by atoms with Gasteiger partial charge in [0.1, 0.15) is 11.6 Å². The van der Waals surface area contributed by atoms with Crippen LogP contribution in [0.15, 0.2) is 131 Å². The molecular formula is C57H62Br2N12O. The number of aromatic nitrogens is 6. The van der Waals surface area contributed by atoms with E-state index in [9.17, 15) is 4.79 Å². The number of piperazine rings is 2. The van der Waals surface area contributed by atoms with Crippen molar-refractivity contribution in [3.05, 3.63) is 199 Å². The Labute approximate surface area is 441 Å². The minimum atomic E-state index is -0.126. The standard InChI is InChI=1S/C31H28BrN7O.C24H26BrN5.2CH4/c1-21-34-11-12-39(21)20-23-17-22-5-3-4-6-27(22)30(29-28(23)18-24(32)19-35-29)37-13-15-38(16-14-37)31(40)36-26-9-7-25(33-2)8-10-26;1-17-26-7-8-30(17)16-19-13-18-5-3-4-6-21(18)24(29-11-9-28(2)10-12-29)23-22(19)14-20(25)15-27-23;;/h3-12,17-19,30H,13-16,20H2,1H3,(H,36,40);3-8,13-15,24H,9-12,16H2,1-2H3;2*1H4. The van der Waals surface area contributed by atoms with E-state index in [1.165, 1.54) is 39.0 Å². The number of allylic oxidation sites excluding steroid dienone is 2. The summed E-state index contributed by atoms with van der Waals surface area (Å²) in [7, 11) is 2.20. The van der Waals surface area contributed by atoms with Gasteiger partial charge in [-0.15, -0.1) is 0 Å². The third-order valence-corrected chi connectivity index (χ3v) is 14.7. The first-order valence-corrected chi connectivity index (χ1v) is 25.2. The minimum absolute atomic E-state index is 0. The molecule has 2 aliphatic heterocycles. The number of carbonyl (C=O) groups excluding carboxylic acids is 1. The number of urea groups is 1. The Balaban J connectivity index is 0.000000194. The normalized spacial score (nSPS) is 17.5. The molecule has 0 saturated carbocycles. The molecule has 2 amide bonds. The first-order valence-electron chi connectivity index (χ1n) is 23.7. The van der Waals surface area contributed by atoms with Crippen molar-refractivity contribution in [2.75, 3.05) is 64.7 Å². The fourth-order valence-electron chi connectivity index (χ4n) is 10.1. The second-order valence-corrected chi connectivity index (χ2v) is 20.1. The van der Waals surface area contributed by atoms with Crippen LogP contribution in [0.5, 0.6) is 0 Å². The van der Waals surface area contributed by atoms with Crippen LogP contribution in [0.1, 0.15) is 83.4 Å². The van der Waals surface area contributed by atoms with E-state index in [2.05, 4.69) is 169 Å². The molecular weight excluding hydrogens is 1030 g/mol. The number of nitrogens with one attached hydrogen (secondary N) is 1. The maximum absolute atomic E-state index is 13.0. The highest BCUT2D eigenvalue weighted by Crippen LogP contribution is 2.42. The van der Waals surface area contributed by atoms with E-state index in [0.29, 0.717) is 31.0 Å². The molecule has 2 fully saturated rings. The van der Waals surface area contributed by atoms with Gasteiger partial charge in [-0.05, 0) is 123 Å². The topological polar surface area (TPSA) is 108 Å². The molecule has 0 radical (unpaired) electrons. The molecule has 4 aromatic heterocycles. The van der Waals surface area contributed by atoms with Gasteiger partial charge >= 0.3 is 6.03 Å². The van der Waals surface area contributed by atoms with Crippen molar-refractivity contribution in [2.45, 2.75) is 53.9 Å². The molecule has 72 heavy (non-hydrogen) atoms. The SMILES string of the molecule is C.C.Cc1nccn1CC1=Cc2ccccc2C(N2CCN(C)CC2)c2ncc(Br)cc21.[C-]#[N+]c1ccc(NC(=O)N2CCN(C3c4ccccc4C=C(Cn4ccnc4C)c4cc(Br)cnc43)CC2)cc1. The van der Waals surface area contributed by atoms with Crippen LogP contribution in [0.2, 0.25) is 0 Å². The molecule has 13 nitrogen and oxygen atoms in total. The van der Waals surface area contributed by atoms with Crippen molar-refractivity contribution in [2.24, 2.45) is 0 Å². The Morgan fingerprint density at radius 2 is 1.11 bits per heavy atom. The third kappa shape index (κ3) is 11.1. The summed E-state index contributed by atoms with van der Waals surface area (Å²) in [4.78, 5) is 44.5. The van der Waals surface area contributed by atoms with Gasteiger partial charge in [-0.25, -0.2) is 19.6 Å². The number of fused-ring (bicyclic) bond motifs is 4. The monoisotopic (exact) mass is 1090 g/mol. The molecule has 0 spiro atoms. The molecule has 7 aromatic rings. The van der Waals surface area contributed by atoms with E-state index in [1.54, 1.807) is 24.3 Å². The Bertz CT molecular complexity index is 3140. The van der Waals surface area contributed by atoms with Gasteiger partial charge < -0.3 is 24.3 Å². The maximum atomic E-state index is 13.0. The van der Waals surface area contributed by atoms with Gasteiger partial charge in [0.05, 0.1) is 30.0 Å². The number of hydrogen-bond donors (Lipinski definition) is 1. The number of amides is 2. The maximum Gasteiger partial charge on any atom is 0.321 e. The van der Waals surface area contributed by atoms with Crippen LogP contribution in [0.4, 0.5) is 16.2 Å². The van der Waals surface area contributed by atoms with Gasteiger partial charge in [-0.2, -0.15) is 0 Å². The Hall–Kier alpha value is -6.54. The molecule has 2 unspecified atom stereocenters. The molecule has 15 heteroatoms. The fourth-order valence-corrected chi connectivity index (χ4v) is 10.7. The van der Waals surface area contributed by atoms with E-state index in [1.807, 2.05) is 42.8 Å². The van der Waals surface area contributed by atoms with Crippen LogP contribution in [-0.4, -0.2) is 114 Å². The van der Waals surface area contributed by atoms with Crippen LogP contribution in [0.25, 0.3) is 28.1 Å². The average molecular weight is 1090 g/mol. The quantitative estimate of drug-likeness (QED) is 0.157. The van der Waals surface area contributed by atoms with E-state index in [0.717, 1.165) is 83.4 Å². The molecule has 2 saturated heterocycles. The number of imidazole rings is 2. The van der Waals surface area contributed by atoms with Gasteiger partial charge in [0.2, 0.25) is 0 Å². The zero-order valence-electron chi connectivity index (χ0n) is 39.5. The lowest BCUT2D eigenvalue weighted by molar-refractivity contribution is 0.125. The van der Waals surface area contributed by atoms with Crippen molar-refractivity contribution >= 4 is 72.6 Å². The highest BCUT2D eigenvalue weighted by molar-refractivity contribution is 9.10. The zero-order chi connectivity index (χ0) is 48.3. The summed E-state index contributed by atoms with van der Waals surface area (Å²) in [6, 6.07) is 28.7. The molecule has 1 N–H and O–H groups in total. The average Bonchev–Trinajstić information content (AvgIpc) is 3.91. The van der Waals surface area contributed by atoms with Crippen molar-refractivity contribution in [3.63, 3.8) is 0 Å². The summed E-state index contributed by atoms with van der Waals surface area (Å²) in [6.07, 6.45) is 16.2. The molecule has 2 aliphatic carbocycles. The van der Waals surface area contributed by atoms with Crippen molar-refractivity contribution in [1.29, 1.82) is 0 Å². The van der Waals surface area contributed by atoms with Gasteiger partial charge in [0.25, 0.3) is 0 Å². The molecule has 11 rings (SSSR count). The summed E-state index contributed by atoms with van der Waals surface area (Å²) < 4.78 is 6.31. The van der Waals surface area contributed by atoms with Crippen LogP contribution >= 0.6 is 31.9 Å². The Morgan fingerprint density at radius 3 is 1.56 bits per heavy atom. The first-order chi connectivity index (χ1) is 34.1. The highest BCUT2D eigenvalue weighted by Gasteiger charge is 2.35. The number of hydrogen-bond acceptors (Lipinski definition) is 8. The number of halogens is 2. The van der Waals surface area contributed by atoms with E-state index >= 15 is 0 Å². The molecule has 6 heterocycles. The number of likely N-dealkylation sites (N-methyl/N-ethyl adjacent to an activating group) is 1. The second-order valence-electron chi connectivity index (χ2n) is 18.2. The molecule has 0 bridgehead atoms. The van der Waals surface area contributed by atoms with Crippen LogP contribution < -0.4 is 5.32 Å². The van der Waals surface area contributed by atoms with Gasteiger partial charge in [-0.1, -0.05) is 75.5 Å². The number of anilines is 1. The Morgan fingerprint density at radius 1 is 0.653 bits per heavy atom. The zero-order valence-corrected chi connectivity index (χ0v) is 42.7. The lowest BCUT2D eigenvalue weighted by Gasteiger charge is -2.39. The summed E-state index contributed by atoms with van der Waals surface area (Å²) in [5.74, 6) is 1.99. The predicted molar refractivity (Wildman–Crippen MR) is 298 cm³/mol. The number of nitrogens with zero attached hydrogens (tertiary/aromatic N) is 11. The van der Waals surface area contributed by atoms with Gasteiger partial charge in [0, 0.05) is 128 Å². The summed E-state index contributed by atoms with van der Waals surface area (Å²) >= 11 is 7.32. The van der Waals surface area contributed by atoms with Crippen LogP contribution in [-0.2, 0) is 13.1 Å². The number of rotatable bonds is 7. The minimum Gasteiger partial charge on any atom is -0.331 e. The molecule has 370 valence electrons. The second kappa shape index (κ2) is 22.9. The Kier molecular flexibility index (Phi) is 16.5. The largest absolute Gasteiger partial charge is 0.331 e. The fraction of sp³-hybridized carbons (Fsp3) is 0.298. The molecule has 2 atom stereocenters. The summed E-state index contributed by atoms with van der Waals surface area (Å²) in [5.41, 5.74) is 13.2. The highest BCUT2D eigenvalue weighted by atomic mass is 79.9. The number of aryl methyl sites for hydroxylation is 2. The lowest BCUT2D eigenvalue weighted by Crippen LogP contribution is -2.51. The van der Waals surface area contributed by atoms with E-state index in [-0.39, 0.29) is 33.0 Å². The lowest BCUT2D eigenvalue weighted by atomic mass is 9.95. The van der Waals surface area contributed by atoms with Gasteiger partial charge in [-0.3, -0.25) is 19.8 Å². The van der Waals surface area contributed by atoms with Crippen molar-refractivity contribution < 1.29 is 4.79 Å². The van der Waals surface area contributed by atoms with Crippen LogP contribution in [0, 0.1) is 20.4 Å². The molecule has 4 aliphatic rings. The number of benzene rings is 3.